The Balaban J connectivity index is 2.34. The lowest BCUT2D eigenvalue weighted by molar-refractivity contribution is -0.0552. The number of hydrogen-bond acceptors (Lipinski definition) is 3. The van der Waals surface area contributed by atoms with Crippen LogP contribution >= 0.6 is 0 Å². The number of hydrogen-bond donors (Lipinski definition) is 1. The van der Waals surface area contributed by atoms with Crippen LogP contribution in [0.15, 0.2) is 0 Å². The normalized spacial score (nSPS) is 21.7. The van der Waals surface area contributed by atoms with E-state index < -0.39 is 5.60 Å². The molecule has 1 rings (SSSR count). The minimum Gasteiger partial charge on any atom is -0.390 e. The molecule has 1 fully saturated rings. The van der Waals surface area contributed by atoms with Crippen molar-refractivity contribution in [3.05, 3.63) is 0 Å². The molecule has 1 aliphatic heterocycles. The van der Waals surface area contributed by atoms with Crippen LogP contribution in [-0.2, 0) is 4.74 Å². The fraction of sp³-hybridized carbons (Fsp3) is 1.00. The van der Waals surface area contributed by atoms with E-state index in [-0.39, 0.29) is 5.60 Å². The Kier molecular flexibility index (Phi) is 5.42. The van der Waals surface area contributed by atoms with Crippen molar-refractivity contribution in [2.24, 2.45) is 0 Å². The standard InChI is InChI=1S/C14H29NO2/c1-5-10-15-11-8-14(16,9-12-15)7-6-13(2,3)17-4/h16H,5-12H2,1-4H3. The van der Waals surface area contributed by atoms with Gasteiger partial charge in [0.2, 0.25) is 0 Å². The maximum Gasteiger partial charge on any atom is 0.0673 e. The lowest BCUT2D eigenvalue weighted by Gasteiger charge is -2.39. The largest absolute Gasteiger partial charge is 0.390 e. The quantitative estimate of drug-likeness (QED) is 0.777. The third-order valence-electron chi connectivity index (χ3n) is 4.07. The van der Waals surface area contributed by atoms with E-state index >= 15 is 0 Å². The summed E-state index contributed by atoms with van der Waals surface area (Å²) >= 11 is 0. The molecule has 102 valence electrons. The maximum absolute atomic E-state index is 10.5. The summed E-state index contributed by atoms with van der Waals surface area (Å²) in [6.07, 6.45) is 4.80. The number of ether oxygens (including phenoxy) is 1. The Labute approximate surface area is 106 Å². The van der Waals surface area contributed by atoms with Crippen LogP contribution in [0.5, 0.6) is 0 Å². The second kappa shape index (κ2) is 6.17. The van der Waals surface area contributed by atoms with Crippen molar-refractivity contribution in [1.29, 1.82) is 0 Å². The maximum atomic E-state index is 10.5. The molecule has 0 atom stereocenters. The number of likely N-dealkylation sites (tertiary alicyclic amines) is 1. The smallest absolute Gasteiger partial charge is 0.0673 e. The summed E-state index contributed by atoms with van der Waals surface area (Å²) in [6, 6.07) is 0. The van der Waals surface area contributed by atoms with Gasteiger partial charge in [0.1, 0.15) is 0 Å². The van der Waals surface area contributed by atoms with Crippen LogP contribution in [0.3, 0.4) is 0 Å². The van der Waals surface area contributed by atoms with E-state index in [9.17, 15) is 5.11 Å². The van der Waals surface area contributed by atoms with Gasteiger partial charge in [0.05, 0.1) is 11.2 Å². The second-order valence-electron chi connectivity index (χ2n) is 6.03. The van der Waals surface area contributed by atoms with Gasteiger partial charge >= 0.3 is 0 Å². The molecule has 3 nitrogen and oxygen atoms in total. The number of rotatable bonds is 6. The Morgan fingerprint density at radius 2 is 1.88 bits per heavy atom. The van der Waals surface area contributed by atoms with Crippen molar-refractivity contribution >= 4 is 0 Å². The van der Waals surface area contributed by atoms with Crippen LogP contribution in [0.4, 0.5) is 0 Å². The van der Waals surface area contributed by atoms with Crippen LogP contribution in [-0.4, -0.2) is 48.0 Å². The molecule has 3 heteroatoms. The molecule has 1 aliphatic rings. The van der Waals surface area contributed by atoms with E-state index in [1.54, 1.807) is 7.11 Å². The minimum atomic E-state index is -0.458. The molecule has 1 saturated heterocycles. The lowest BCUT2D eigenvalue weighted by Crippen LogP contribution is -2.45. The molecule has 1 heterocycles. The van der Waals surface area contributed by atoms with Gasteiger partial charge in [0, 0.05) is 20.2 Å². The van der Waals surface area contributed by atoms with Gasteiger partial charge in [-0.1, -0.05) is 6.92 Å². The molecule has 0 amide bonds. The van der Waals surface area contributed by atoms with Crippen LogP contribution in [0.1, 0.15) is 52.9 Å². The molecule has 0 unspecified atom stereocenters. The van der Waals surface area contributed by atoms with Gasteiger partial charge in [-0.25, -0.2) is 0 Å². The first-order valence-electron chi connectivity index (χ1n) is 6.91. The monoisotopic (exact) mass is 243 g/mol. The van der Waals surface area contributed by atoms with Crippen LogP contribution in [0, 0.1) is 0 Å². The van der Waals surface area contributed by atoms with Gasteiger partial charge in [-0.05, 0) is 52.5 Å². The Morgan fingerprint density at radius 3 is 2.35 bits per heavy atom. The molecule has 0 aliphatic carbocycles. The van der Waals surface area contributed by atoms with Crippen molar-refractivity contribution in [2.75, 3.05) is 26.7 Å². The van der Waals surface area contributed by atoms with Crippen molar-refractivity contribution in [1.82, 2.24) is 4.90 Å². The van der Waals surface area contributed by atoms with E-state index in [0.717, 1.165) is 38.8 Å². The fourth-order valence-corrected chi connectivity index (χ4v) is 2.39. The Morgan fingerprint density at radius 1 is 1.29 bits per heavy atom. The van der Waals surface area contributed by atoms with Gasteiger partial charge in [0.25, 0.3) is 0 Å². The SMILES string of the molecule is CCCN1CCC(O)(CCC(C)(C)OC)CC1. The molecule has 1 N–H and O–H groups in total. The van der Waals surface area contributed by atoms with Crippen molar-refractivity contribution < 1.29 is 9.84 Å². The fourth-order valence-electron chi connectivity index (χ4n) is 2.39. The summed E-state index contributed by atoms with van der Waals surface area (Å²) in [6.45, 7) is 9.63. The number of methoxy groups -OCH3 is 1. The number of piperidine rings is 1. The predicted molar refractivity (Wildman–Crippen MR) is 71.2 cm³/mol. The molecular formula is C14H29NO2. The first kappa shape index (κ1) is 14.9. The van der Waals surface area contributed by atoms with Gasteiger partial charge in [-0.2, -0.15) is 0 Å². The zero-order chi connectivity index (χ0) is 12.9. The highest BCUT2D eigenvalue weighted by Crippen LogP contribution is 2.30. The molecule has 0 radical (unpaired) electrons. The molecule has 17 heavy (non-hydrogen) atoms. The Bertz CT molecular complexity index is 220. The average molecular weight is 243 g/mol. The molecule has 0 saturated carbocycles. The molecular weight excluding hydrogens is 214 g/mol. The minimum absolute atomic E-state index is 0.115. The highest BCUT2D eigenvalue weighted by molar-refractivity contribution is 4.87. The highest BCUT2D eigenvalue weighted by Gasteiger charge is 2.33. The summed E-state index contributed by atoms with van der Waals surface area (Å²) in [5.41, 5.74) is -0.573. The zero-order valence-corrected chi connectivity index (χ0v) is 12.0. The van der Waals surface area contributed by atoms with E-state index in [1.807, 2.05) is 0 Å². The number of aliphatic hydroxyl groups is 1. The van der Waals surface area contributed by atoms with Crippen LogP contribution in [0.2, 0.25) is 0 Å². The summed E-state index contributed by atoms with van der Waals surface area (Å²) in [7, 11) is 1.74. The highest BCUT2D eigenvalue weighted by atomic mass is 16.5. The zero-order valence-electron chi connectivity index (χ0n) is 12.0. The third-order valence-corrected chi connectivity index (χ3v) is 4.07. The summed E-state index contributed by atoms with van der Waals surface area (Å²) in [4.78, 5) is 2.45. The molecule has 0 spiro atoms. The predicted octanol–water partition coefficient (Wildman–Crippen LogP) is 2.43. The van der Waals surface area contributed by atoms with Gasteiger partial charge < -0.3 is 14.7 Å². The Hall–Kier alpha value is -0.120. The summed E-state index contributed by atoms with van der Waals surface area (Å²) in [5.74, 6) is 0. The van der Waals surface area contributed by atoms with E-state index in [1.165, 1.54) is 13.0 Å². The molecule has 0 aromatic rings. The first-order valence-corrected chi connectivity index (χ1v) is 6.91. The van der Waals surface area contributed by atoms with Crippen LogP contribution in [0.25, 0.3) is 0 Å². The van der Waals surface area contributed by atoms with Gasteiger partial charge in [0.15, 0.2) is 0 Å². The molecule has 0 bridgehead atoms. The van der Waals surface area contributed by atoms with E-state index in [4.69, 9.17) is 4.74 Å². The first-order chi connectivity index (χ1) is 7.91. The van der Waals surface area contributed by atoms with E-state index in [2.05, 4.69) is 25.7 Å². The number of nitrogens with zero attached hydrogens (tertiary/aromatic N) is 1. The van der Waals surface area contributed by atoms with Gasteiger partial charge in [-0.3, -0.25) is 0 Å². The van der Waals surface area contributed by atoms with Crippen LogP contribution < -0.4 is 0 Å². The molecule has 0 aromatic carbocycles. The molecule has 0 aromatic heterocycles. The van der Waals surface area contributed by atoms with Crippen molar-refractivity contribution in [3.8, 4) is 0 Å². The lowest BCUT2D eigenvalue weighted by atomic mass is 9.84. The summed E-state index contributed by atoms with van der Waals surface area (Å²) in [5, 5.41) is 10.5. The van der Waals surface area contributed by atoms with Gasteiger partial charge in [-0.15, -0.1) is 0 Å². The summed E-state index contributed by atoms with van der Waals surface area (Å²) < 4.78 is 5.41. The van der Waals surface area contributed by atoms with Crippen molar-refractivity contribution in [2.45, 2.75) is 64.1 Å². The average Bonchev–Trinajstić information content (AvgIpc) is 2.31. The second-order valence-corrected chi connectivity index (χ2v) is 6.03. The van der Waals surface area contributed by atoms with E-state index in [0.29, 0.717) is 0 Å². The van der Waals surface area contributed by atoms with Crippen molar-refractivity contribution in [3.63, 3.8) is 0 Å². The third kappa shape index (κ3) is 4.94. The topological polar surface area (TPSA) is 32.7 Å².